The van der Waals surface area contributed by atoms with E-state index >= 15 is 0 Å². The fraction of sp³-hybridized carbons (Fsp3) is 0. The number of hydrogen-bond acceptors (Lipinski definition) is 7. The molecule has 0 aliphatic carbocycles. The molecule has 0 aromatic carbocycles. The van der Waals surface area contributed by atoms with Gasteiger partial charge in [-0.1, -0.05) is 0 Å². The predicted molar refractivity (Wildman–Crippen MR) is 33.4 cm³/mol. The third kappa shape index (κ3) is 18.7. The van der Waals surface area contributed by atoms with Crippen LogP contribution in [-0.4, -0.2) is 47.8 Å². The van der Waals surface area contributed by atoms with E-state index in [1.165, 1.54) is 0 Å². The van der Waals surface area contributed by atoms with Crippen LogP contribution in [0.3, 0.4) is 0 Å². The molecular formula is H4O7P2Sn2. The van der Waals surface area contributed by atoms with Gasteiger partial charge in [0.25, 0.3) is 0 Å². The van der Waals surface area contributed by atoms with Crippen molar-refractivity contribution in [2.75, 3.05) is 0 Å². The average molecular weight is 415 g/mol. The first-order valence-electron chi connectivity index (χ1n) is 1.46. The summed E-state index contributed by atoms with van der Waals surface area (Å²) in [6.07, 6.45) is 0. The van der Waals surface area contributed by atoms with Gasteiger partial charge < -0.3 is 33.0 Å². The van der Waals surface area contributed by atoms with Crippen LogP contribution >= 0.6 is 15.6 Å². The molecule has 0 rings (SSSR count). The van der Waals surface area contributed by atoms with E-state index in [4.69, 9.17) is 0 Å². The van der Waals surface area contributed by atoms with Gasteiger partial charge in [0.05, 0.1) is 15.6 Å². The van der Waals surface area contributed by atoms with Crippen LogP contribution in [0.2, 0.25) is 0 Å². The van der Waals surface area contributed by atoms with Crippen LogP contribution in [-0.2, 0) is 13.4 Å². The van der Waals surface area contributed by atoms with Crippen LogP contribution in [0.25, 0.3) is 0 Å². The molecule has 0 saturated heterocycles. The second-order valence-corrected chi connectivity index (χ2v) is 3.42. The first-order valence-corrected chi connectivity index (χ1v) is 4.38. The fourth-order valence-corrected chi connectivity index (χ4v) is 1.10. The van der Waals surface area contributed by atoms with Crippen LogP contribution in [0.15, 0.2) is 0 Å². The van der Waals surface area contributed by atoms with Crippen molar-refractivity contribution in [3.05, 3.63) is 0 Å². The normalized spacial score (nSPS) is 11.3. The van der Waals surface area contributed by atoms with Crippen LogP contribution < -0.4 is 19.6 Å². The van der Waals surface area contributed by atoms with Gasteiger partial charge in [-0.3, -0.25) is 0 Å². The summed E-state index contributed by atoms with van der Waals surface area (Å²) in [5, 5.41) is 0. The maximum absolute atomic E-state index is 9.32. The number of hydrogen-bond donors (Lipinski definition) is 0. The van der Waals surface area contributed by atoms with Crippen molar-refractivity contribution in [3.8, 4) is 0 Å². The minimum absolute atomic E-state index is 0. The Labute approximate surface area is 95.9 Å². The van der Waals surface area contributed by atoms with Gasteiger partial charge in [-0.2, -0.15) is 0 Å². The Morgan fingerprint density at radius 1 is 0.818 bits per heavy atom. The van der Waals surface area contributed by atoms with Gasteiger partial charge in [0.15, 0.2) is 0 Å². The Balaban J connectivity index is -0.000000320. The zero-order chi connectivity index (χ0) is 7.71. The quantitative estimate of drug-likeness (QED) is 0.325. The molecule has 0 atom stereocenters. The SMILES string of the molecule is O=P([O-])([O-])OP(=O)([O-])[O-].[SnH2+2].[SnH2+2]. The Morgan fingerprint density at radius 2 is 1.00 bits per heavy atom. The molecule has 0 fully saturated rings. The fourth-order valence-electron chi connectivity index (χ4n) is 0.122. The van der Waals surface area contributed by atoms with E-state index in [0.717, 1.165) is 0 Å². The van der Waals surface area contributed by atoms with Crippen LogP contribution in [0, 0.1) is 0 Å². The Morgan fingerprint density at radius 3 is 1.00 bits per heavy atom. The van der Waals surface area contributed by atoms with Crippen LogP contribution in [0.5, 0.6) is 0 Å². The molecule has 11 heteroatoms. The first-order chi connectivity index (χ1) is 3.71. The minimum atomic E-state index is -5.68. The van der Waals surface area contributed by atoms with Gasteiger partial charge in [0.1, 0.15) is 0 Å². The third-order valence-electron chi connectivity index (χ3n) is 0.200. The molecule has 64 valence electrons. The molecule has 0 aromatic rings. The Hall–Kier alpha value is 1.86. The van der Waals surface area contributed by atoms with E-state index < -0.39 is 15.6 Å². The summed E-state index contributed by atoms with van der Waals surface area (Å²) < 4.78 is 21.2. The molecule has 0 aliphatic heterocycles. The van der Waals surface area contributed by atoms with Crippen molar-refractivity contribution < 1.29 is 33.0 Å². The van der Waals surface area contributed by atoms with Gasteiger partial charge in [-0.25, -0.2) is 0 Å². The number of rotatable bonds is 2. The van der Waals surface area contributed by atoms with Gasteiger partial charge in [0, 0.05) is 0 Å². The Bertz CT molecular complexity index is 155. The zero-order valence-electron chi connectivity index (χ0n) is 5.17. The van der Waals surface area contributed by atoms with Gasteiger partial charge in [0.2, 0.25) is 0 Å². The van der Waals surface area contributed by atoms with E-state index in [2.05, 4.69) is 4.31 Å². The van der Waals surface area contributed by atoms with E-state index in [9.17, 15) is 28.7 Å². The standard InChI is InChI=1S/H4O7P2.2Sn.4H/c1-8(2,3)7-9(4,5)6;;;;;;/h(H2,1,2,3)(H2,4,5,6);;;;;;/q;2*+2;;;;/p-4. The average Bonchev–Trinajstić information content (AvgIpc) is 1.14. The monoisotopic (exact) mass is 418 g/mol. The summed E-state index contributed by atoms with van der Waals surface area (Å²) in [5.74, 6) is 0. The summed E-state index contributed by atoms with van der Waals surface area (Å²) in [4.78, 5) is 37.3. The summed E-state index contributed by atoms with van der Waals surface area (Å²) in [6.45, 7) is 0. The van der Waals surface area contributed by atoms with Crippen molar-refractivity contribution in [3.63, 3.8) is 0 Å². The van der Waals surface area contributed by atoms with Crippen molar-refractivity contribution >= 4 is 63.5 Å². The zero-order valence-corrected chi connectivity index (χ0v) is 15.0. The topological polar surface area (TPSA) is 136 Å². The molecule has 0 saturated carbocycles. The second-order valence-electron chi connectivity index (χ2n) is 0.976. The van der Waals surface area contributed by atoms with Crippen molar-refractivity contribution in [1.29, 1.82) is 0 Å². The van der Waals surface area contributed by atoms with E-state index in [1.54, 1.807) is 0 Å². The predicted octanol–water partition coefficient (Wildman–Crippen LogP) is -5.17. The second kappa shape index (κ2) is 6.33. The van der Waals surface area contributed by atoms with Crippen molar-refractivity contribution in [1.82, 2.24) is 0 Å². The molecule has 0 N–H and O–H groups in total. The molecule has 0 unspecified atom stereocenters. The van der Waals surface area contributed by atoms with E-state index in [0.29, 0.717) is 0 Å². The molecule has 7 nitrogen and oxygen atoms in total. The first kappa shape index (κ1) is 18.6. The van der Waals surface area contributed by atoms with Gasteiger partial charge in [-0.15, -0.1) is 0 Å². The summed E-state index contributed by atoms with van der Waals surface area (Å²) in [6, 6.07) is 0. The maximum atomic E-state index is 9.32. The molecule has 0 aliphatic rings. The summed E-state index contributed by atoms with van der Waals surface area (Å²) >= 11 is 0. The molecule has 0 radical (unpaired) electrons. The molecule has 11 heavy (non-hydrogen) atoms. The molecule has 0 bridgehead atoms. The van der Waals surface area contributed by atoms with E-state index in [-0.39, 0.29) is 47.8 Å². The van der Waals surface area contributed by atoms with Crippen LogP contribution in [0.1, 0.15) is 0 Å². The molecule has 0 aromatic heterocycles. The third-order valence-corrected chi connectivity index (χ3v) is 1.80. The van der Waals surface area contributed by atoms with Gasteiger partial charge in [-0.05, 0) is 0 Å². The van der Waals surface area contributed by atoms with Gasteiger partial charge >= 0.3 is 47.8 Å². The van der Waals surface area contributed by atoms with E-state index in [1.807, 2.05) is 0 Å². The number of phosphoric acid groups is 2. The Kier molecular flexibility index (Phi) is 10.7. The molecular weight excluding hydrogens is 411 g/mol. The molecule has 0 heterocycles. The van der Waals surface area contributed by atoms with Crippen molar-refractivity contribution in [2.45, 2.75) is 0 Å². The molecule has 0 spiro atoms. The summed E-state index contributed by atoms with van der Waals surface area (Å²) in [5.41, 5.74) is 0. The summed E-state index contributed by atoms with van der Waals surface area (Å²) in [7, 11) is -11.4. The molecule has 0 amide bonds. The van der Waals surface area contributed by atoms with Crippen molar-refractivity contribution in [2.24, 2.45) is 0 Å². The van der Waals surface area contributed by atoms with Crippen LogP contribution in [0.4, 0.5) is 0 Å².